The van der Waals surface area contributed by atoms with Crippen molar-refractivity contribution in [2.24, 2.45) is 0 Å². The highest BCUT2D eigenvalue weighted by Gasteiger charge is 2.19. The van der Waals surface area contributed by atoms with Crippen LogP contribution in [0.15, 0.2) is 54.6 Å². The maximum absolute atomic E-state index is 11.2. The molecule has 1 aliphatic heterocycles. The van der Waals surface area contributed by atoms with Gasteiger partial charge in [-0.2, -0.15) is 0 Å². The van der Waals surface area contributed by atoms with Crippen molar-refractivity contribution < 1.29 is 29.3 Å². The fourth-order valence-electron chi connectivity index (χ4n) is 3.19. The summed E-state index contributed by atoms with van der Waals surface area (Å²) in [6.45, 7) is 4.75. The van der Waals surface area contributed by atoms with Crippen LogP contribution < -0.4 is 4.90 Å². The first-order valence-electron chi connectivity index (χ1n) is 9.56. The van der Waals surface area contributed by atoms with E-state index >= 15 is 0 Å². The van der Waals surface area contributed by atoms with Crippen molar-refractivity contribution >= 4 is 34.4 Å². The fourth-order valence-corrected chi connectivity index (χ4v) is 3.19. The molecule has 8 heteroatoms. The minimum Gasteiger partial charge on any atom is -0.478 e. The van der Waals surface area contributed by atoms with Crippen LogP contribution in [0, 0.1) is 0 Å². The SMILES string of the molecule is COC(=O)CCN1CCN(c2cccc3ccccc23)CC1.O=C(O)/C=C/C(=O)O. The van der Waals surface area contributed by atoms with Crippen molar-refractivity contribution in [2.75, 3.05) is 44.7 Å². The van der Waals surface area contributed by atoms with Crippen LogP contribution in [0.5, 0.6) is 0 Å². The number of benzene rings is 2. The van der Waals surface area contributed by atoms with Gasteiger partial charge in [0.2, 0.25) is 0 Å². The predicted octanol–water partition coefficient (Wildman–Crippen LogP) is 2.24. The zero-order valence-corrected chi connectivity index (χ0v) is 16.9. The number of anilines is 1. The number of fused-ring (bicyclic) bond motifs is 1. The Bertz CT molecular complexity index is 882. The molecular weight excluding hydrogens is 388 g/mol. The molecule has 0 saturated carbocycles. The van der Waals surface area contributed by atoms with E-state index in [0.29, 0.717) is 18.6 Å². The number of esters is 1. The lowest BCUT2D eigenvalue weighted by Crippen LogP contribution is -2.47. The Morgan fingerprint density at radius 3 is 2.13 bits per heavy atom. The maximum atomic E-state index is 11.2. The Morgan fingerprint density at radius 2 is 1.53 bits per heavy atom. The molecule has 0 bridgehead atoms. The van der Waals surface area contributed by atoms with Gasteiger partial charge >= 0.3 is 17.9 Å². The monoisotopic (exact) mass is 414 g/mol. The van der Waals surface area contributed by atoms with E-state index in [1.165, 1.54) is 23.6 Å². The normalized spacial score (nSPS) is 14.2. The summed E-state index contributed by atoms with van der Waals surface area (Å²) in [7, 11) is 1.45. The summed E-state index contributed by atoms with van der Waals surface area (Å²) in [6.07, 6.45) is 1.59. The van der Waals surface area contributed by atoms with Crippen molar-refractivity contribution in [3.05, 3.63) is 54.6 Å². The minimum atomic E-state index is -1.26. The summed E-state index contributed by atoms with van der Waals surface area (Å²) >= 11 is 0. The van der Waals surface area contributed by atoms with Crippen molar-refractivity contribution in [3.8, 4) is 0 Å². The van der Waals surface area contributed by atoms with Gasteiger partial charge in [0, 0.05) is 55.9 Å². The molecule has 30 heavy (non-hydrogen) atoms. The number of carbonyl (C=O) groups is 3. The van der Waals surface area contributed by atoms with E-state index < -0.39 is 11.9 Å². The molecular formula is C22H26N2O6. The van der Waals surface area contributed by atoms with Gasteiger partial charge in [-0.1, -0.05) is 36.4 Å². The summed E-state index contributed by atoms with van der Waals surface area (Å²) < 4.78 is 4.70. The molecule has 0 aliphatic carbocycles. The largest absolute Gasteiger partial charge is 0.478 e. The number of carboxylic acids is 2. The molecule has 0 aromatic heterocycles. The highest BCUT2D eigenvalue weighted by atomic mass is 16.5. The topological polar surface area (TPSA) is 107 Å². The van der Waals surface area contributed by atoms with E-state index in [2.05, 4.69) is 52.3 Å². The first-order chi connectivity index (χ1) is 14.4. The lowest BCUT2D eigenvalue weighted by atomic mass is 10.1. The summed E-state index contributed by atoms with van der Waals surface area (Å²) in [5, 5.41) is 18.2. The van der Waals surface area contributed by atoms with Crippen molar-refractivity contribution in [1.82, 2.24) is 4.90 Å². The highest BCUT2D eigenvalue weighted by molar-refractivity contribution is 5.94. The molecule has 8 nitrogen and oxygen atoms in total. The summed E-state index contributed by atoms with van der Waals surface area (Å²) in [4.78, 5) is 35.1. The molecule has 0 spiro atoms. The van der Waals surface area contributed by atoms with E-state index in [9.17, 15) is 14.4 Å². The third-order valence-corrected chi connectivity index (χ3v) is 4.71. The first-order valence-corrected chi connectivity index (χ1v) is 9.56. The second-order valence-corrected chi connectivity index (χ2v) is 6.66. The van der Waals surface area contributed by atoms with E-state index in [1.54, 1.807) is 0 Å². The number of carbonyl (C=O) groups excluding carboxylic acids is 1. The zero-order chi connectivity index (χ0) is 21.9. The van der Waals surface area contributed by atoms with Crippen molar-refractivity contribution in [1.29, 1.82) is 0 Å². The summed E-state index contributed by atoms with van der Waals surface area (Å²) in [6, 6.07) is 15.0. The molecule has 1 heterocycles. The third-order valence-electron chi connectivity index (χ3n) is 4.71. The van der Waals surface area contributed by atoms with Crippen LogP contribution in [0.3, 0.4) is 0 Å². The Hall–Kier alpha value is -3.39. The zero-order valence-electron chi connectivity index (χ0n) is 16.9. The fraction of sp³-hybridized carbons (Fsp3) is 0.318. The van der Waals surface area contributed by atoms with Crippen LogP contribution in [0.25, 0.3) is 10.8 Å². The highest BCUT2D eigenvalue weighted by Crippen LogP contribution is 2.27. The molecule has 0 atom stereocenters. The molecule has 1 fully saturated rings. The summed E-state index contributed by atoms with van der Waals surface area (Å²) in [5.74, 6) is -2.64. The quantitative estimate of drug-likeness (QED) is 0.547. The molecule has 160 valence electrons. The Labute approximate surface area is 175 Å². The van der Waals surface area contributed by atoms with E-state index in [-0.39, 0.29) is 5.97 Å². The van der Waals surface area contributed by atoms with Crippen LogP contribution in [-0.2, 0) is 19.1 Å². The molecule has 2 N–H and O–H groups in total. The second kappa shape index (κ2) is 11.6. The number of rotatable bonds is 6. The average Bonchev–Trinajstić information content (AvgIpc) is 2.76. The Kier molecular flexibility index (Phi) is 8.83. The van der Waals surface area contributed by atoms with Gasteiger partial charge in [-0.25, -0.2) is 9.59 Å². The van der Waals surface area contributed by atoms with Crippen LogP contribution >= 0.6 is 0 Å². The van der Waals surface area contributed by atoms with Crippen LogP contribution in [-0.4, -0.2) is 72.9 Å². The second-order valence-electron chi connectivity index (χ2n) is 6.66. The molecule has 1 aliphatic rings. The van der Waals surface area contributed by atoms with Crippen molar-refractivity contribution in [2.45, 2.75) is 6.42 Å². The van der Waals surface area contributed by atoms with E-state index in [0.717, 1.165) is 32.7 Å². The van der Waals surface area contributed by atoms with Gasteiger partial charge < -0.3 is 19.8 Å². The standard InChI is InChI=1S/C18H22N2O2.C4H4O4/c1-22-18(21)9-10-19-11-13-20(14-12-19)17-8-4-6-15-5-2-3-7-16(15)17;5-3(6)1-2-4(7)8/h2-8H,9-14H2,1H3;1-2H,(H,5,6)(H,7,8)/b;2-1+. The Morgan fingerprint density at radius 1 is 0.933 bits per heavy atom. The Balaban J connectivity index is 0.000000343. The number of methoxy groups -OCH3 is 1. The number of ether oxygens (including phenoxy) is 1. The predicted molar refractivity (Wildman–Crippen MR) is 114 cm³/mol. The summed E-state index contributed by atoms with van der Waals surface area (Å²) in [5.41, 5.74) is 1.31. The lowest BCUT2D eigenvalue weighted by Gasteiger charge is -2.36. The molecule has 2 aromatic carbocycles. The van der Waals surface area contributed by atoms with Crippen LogP contribution in [0.1, 0.15) is 6.42 Å². The van der Waals surface area contributed by atoms with Gasteiger partial charge in [0.1, 0.15) is 0 Å². The van der Waals surface area contributed by atoms with Crippen LogP contribution in [0.2, 0.25) is 0 Å². The van der Waals surface area contributed by atoms with Gasteiger partial charge in [0.05, 0.1) is 13.5 Å². The van der Waals surface area contributed by atoms with Gasteiger partial charge in [-0.15, -0.1) is 0 Å². The molecule has 2 aromatic rings. The van der Waals surface area contributed by atoms with E-state index in [4.69, 9.17) is 14.9 Å². The number of nitrogens with zero attached hydrogens (tertiary/aromatic N) is 2. The van der Waals surface area contributed by atoms with Crippen molar-refractivity contribution in [3.63, 3.8) is 0 Å². The third kappa shape index (κ3) is 7.21. The molecule has 0 unspecified atom stereocenters. The molecule has 0 amide bonds. The smallest absolute Gasteiger partial charge is 0.328 e. The molecule has 3 rings (SSSR count). The number of aliphatic carboxylic acids is 2. The average molecular weight is 414 g/mol. The van der Waals surface area contributed by atoms with E-state index in [1.807, 2.05) is 0 Å². The van der Waals surface area contributed by atoms with Gasteiger partial charge in [0.15, 0.2) is 0 Å². The number of piperazine rings is 1. The minimum absolute atomic E-state index is 0.128. The van der Waals surface area contributed by atoms with Gasteiger partial charge in [-0.05, 0) is 11.5 Å². The lowest BCUT2D eigenvalue weighted by molar-refractivity contribution is -0.141. The maximum Gasteiger partial charge on any atom is 0.328 e. The number of hydrogen-bond donors (Lipinski definition) is 2. The number of hydrogen-bond acceptors (Lipinski definition) is 6. The van der Waals surface area contributed by atoms with Gasteiger partial charge in [-0.3, -0.25) is 9.69 Å². The van der Waals surface area contributed by atoms with Gasteiger partial charge in [0.25, 0.3) is 0 Å². The first kappa shape index (κ1) is 22.9. The molecule has 1 saturated heterocycles. The number of carboxylic acid groups (broad SMARTS) is 2. The molecule has 0 radical (unpaired) electrons. The van der Waals surface area contributed by atoms with Crippen LogP contribution in [0.4, 0.5) is 5.69 Å².